The highest BCUT2D eigenvalue weighted by molar-refractivity contribution is 5.59. The third-order valence-electron chi connectivity index (χ3n) is 6.83. The molecule has 1 nitrogen and oxygen atoms in total. The summed E-state index contributed by atoms with van der Waals surface area (Å²) in [5, 5.41) is 0. The van der Waals surface area contributed by atoms with Crippen LogP contribution in [-0.4, -0.2) is 4.98 Å². The van der Waals surface area contributed by atoms with Gasteiger partial charge in [-0.2, -0.15) is 0 Å². The third kappa shape index (κ3) is 6.84. The number of nitrogens with zero attached hydrogens (tertiary/aromatic N) is 1. The fourth-order valence-corrected chi connectivity index (χ4v) is 4.64. The van der Waals surface area contributed by atoms with E-state index in [9.17, 15) is 0 Å². The molecule has 0 unspecified atom stereocenters. The summed E-state index contributed by atoms with van der Waals surface area (Å²) in [4.78, 5) is 4.65. The Kier molecular flexibility index (Phi) is 8.52. The Morgan fingerprint density at radius 3 is 2.10 bits per heavy atom. The summed E-state index contributed by atoms with van der Waals surface area (Å²) in [5.74, 6) is 1.87. The zero-order chi connectivity index (χ0) is 20.5. The lowest BCUT2D eigenvalue weighted by molar-refractivity contribution is 0.253. The van der Waals surface area contributed by atoms with Gasteiger partial charge in [-0.1, -0.05) is 88.4 Å². The maximum Gasteiger partial charge on any atom is 0.0702 e. The number of allylic oxidation sites excluding steroid dienone is 1. The standard InChI is InChI=1S/C28H39N/c1-4-6-26-17-20-28(29-21-26)27-18-15-25(16-19-27)14-13-24-11-9-23(10-12-24)8-7-22(3)5-2/h15-21,23-24H,3-14H2,1-2H3. The van der Waals surface area contributed by atoms with Crippen LogP contribution in [0.3, 0.4) is 0 Å². The molecule has 1 heteroatoms. The number of rotatable bonds is 10. The summed E-state index contributed by atoms with van der Waals surface area (Å²) in [6.07, 6.45) is 16.3. The van der Waals surface area contributed by atoms with Gasteiger partial charge in [-0.3, -0.25) is 4.98 Å². The van der Waals surface area contributed by atoms with Crippen LogP contribution in [0.2, 0.25) is 0 Å². The van der Waals surface area contributed by atoms with E-state index in [1.165, 1.54) is 80.1 Å². The predicted molar refractivity (Wildman–Crippen MR) is 126 cm³/mol. The topological polar surface area (TPSA) is 12.9 Å². The van der Waals surface area contributed by atoms with Crippen molar-refractivity contribution in [1.82, 2.24) is 4.98 Å². The first-order chi connectivity index (χ1) is 14.2. The largest absolute Gasteiger partial charge is 0.256 e. The van der Waals surface area contributed by atoms with Gasteiger partial charge in [-0.25, -0.2) is 0 Å². The molecule has 1 heterocycles. The molecule has 1 aliphatic rings. The number of aryl methyl sites for hydroxylation is 2. The van der Waals surface area contributed by atoms with Crippen molar-refractivity contribution in [1.29, 1.82) is 0 Å². The average Bonchev–Trinajstić information content (AvgIpc) is 2.78. The highest BCUT2D eigenvalue weighted by Gasteiger charge is 2.20. The van der Waals surface area contributed by atoms with E-state index in [1.807, 2.05) is 6.20 Å². The van der Waals surface area contributed by atoms with Crippen molar-refractivity contribution in [3.8, 4) is 11.3 Å². The molecule has 0 bridgehead atoms. The van der Waals surface area contributed by atoms with Crippen LogP contribution in [0, 0.1) is 11.8 Å². The molecule has 0 aliphatic heterocycles. The molecular weight excluding hydrogens is 350 g/mol. The Morgan fingerprint density at radius 1 is 0.862 bits per heavy atom. The van der Waals surface area contributed by atoms with Crippen LogP contribution in [0.25, 0.3) is 11.3 Å². The zero-order valence-corrected chi connectivity index (χ0v) is 18.6. The van der Waals surface area contributed by atoms with Crippen molar-refractivity contribution < 1.29 is 0 Å². The highest BCUT2D eigenvalue weighted by atomic mass is 14.7. The van der Waals surface area contributed by atoms with Gasteiger partial charge < -0.3 is 0 Å². The van der Waals surface area contributed by atoms with Crippen molar-refractivity contribution >= 4 is 0 Å². The normalized spacial score (nSPS) is 19.2. The molecule has 0 atom stereocenters. The maximum atomic E-state index is 4.65. The number of hydrogen-bond acceptors (Lipinski definition) is 1. The van der Waals surface area contributed by atoms with E-state index in [2.05, 4.69) is 61.8 Å². The smallest absolute Gasteiger partial charge is 0.0702 e. The van der Waals surface area contributed by atoms with Crippen LogP contribution in [0.5, 0.6) is 0 Å². The SMILES string of the molecule is C=C(CC)CCC1CCC(CCc2ccc(-c3ccc(CCC)cn3)cc2)CC1. The predicted octanol–water partition coefficient (Wildman–Crippen LogP) is 8.19. The molecule has 0 amide bonds. The lowest BCUT2D eigenvalue weighted by atomic mass is 9.77. The Hall–Kier alpha value is -1.89. The molecule has 1 saturated carbocycles. The van der Waals surface area contributed by atoms with Gasteiger partial charge in [0.1, 0.15) is 0 Å². The van der Waals surface area contributed by atoms with E-state index >= 15 is 0 Å². The fourth-order valence-electron chi connectivity index (χ4n) is 4.64. The van der Waals surface area contributed by atoms with Gasteiger partial charge >= 0.3 is 0 Å². The molecule has 3 rings (SSSR count). The van der Waals surface area contributed by atoms with Crippen LogP contribution >= 0.6 is 0 Å². The molecule has 0 N–H and O–H groups in total. The van der Waals surface area contributed by atoms with Crippen molar-refractivity contribution in [2.45, 2.75) is 84.5 Å². The van der Waals surface area contributed by atoms with Crippen LogP contribution < -0.4 is 0 Å². The number of hydrogen-bond donors (Lipinski definition) is 0. The van der Waals surface area contributed by atoms with Crippen LogP contribution in [0.4, 0.5) is 0 Å². The highest BCUT2D eigenvalue weighted by Crippen LogP contribution is 2.34. The Morgan fingerprint density at radius 2 is 1.52 bits per heavy atom. The lowest BCUT2D eigenvalue weighted by Gasteiger charge is -2.28. The molecule has 2 aromatic rings. The molecule has 1 aromatic heterocycles. The first-order valence-electron chi connectivity index (χ1n) is 11.9. The average molecular weight is 390 g/mol. The van der Waals surface area contributed by atoms with Gasteiger partial charge in [0.05, 0.1) is 5.69 Å². The summed E-state index contributed by atoms with van der Waals surface area (Å²) in [6, 6.07) is 13.5. The minimum atomic E-state index is 0.924. The number of benzene rings is 1. The summed E-state index contributed by atoms with van der Waals surface area (Å²) in [6.45, 7) is 8.61. The van der Waals surface area contributed by atoms with Gasteiger partial charge in [0, 0.05) is 11.8 Å². The first kappa shape index (κ1) is 21.8. The summed E-state index contributed by atoms with van der Waals surface area (Å²) in [7, 11) is 0. The number of pyridine rings is 1. The van der Waals surface area contributed by atoms with Crippen molar-refractivity contribution in [2.75, 3.05) is 0 Å². The molecule has 29 heavy (non-hydrogen) atoms. The van der Waals surface area contributed by atoms with Gasteiger partial charge in [-0.15, -0.1) is 0 Å². The quantitative estimate of drug-likeness (QED) is 0.373. The fraction of sp³-hybridized carbons (Fsp3) is 0.536. The van der Waals surface area contributed by atoms with Crippen molar-refractivity contribution in [2.24, 2.45) is 11.8 Å². The van der Waals surface area contributed by atoms with Gasteiger partial charge in [-0.05, 0) is 67.6 Å². The third-order valence-corrected chi connectivity index (χ3v) is 6.83. The second-order valence-corrected chi connectivity index (χ2v) is 9.07. The minimum absolute atomic E-state index is 0.924. The molecule has 1 fully saturated rings. The van der Waals surface area contributed by atoms with Gasteiger partial charge in [0.15, 0.2) is 0 Å². The van der Waals surface area contributed by atoms with Crippen LogP contribution in [0.1, 0.15) is 82.8 Å². The molecule has 0 radical (unpaired) electrons. The van der Waals surface area contributed by atoms with Gasteiger partial charge in [0.2, 0.25) is 0 Å². The van der Waals surface area contributed by atoms with E-state index in [1.54, 1.807) is 0 Å². The molecule has 0 saturated heterocycles. The minimum Gasteiger partial charge on any atom is -0.256 e. The molecule has 1 aromatic carbocycles. The Bertz CT molecular complexity index is 733. The van der Waals surface area contributed by atoms with E-state index in [-0.39, 0.29) is 0 Å². The summed E-state index contributed by atoms with van der Waals surface area (Å²) >= 11 is 0. The van der Waals surface area contributed by atoms with Crippen LogP contribution in [-0.2, 0) is 12.8 Å². The lowest BCUT2D eigenvalue weighted by Crippen LogP contribution is -2.15. The molecule has 0 spiro atoms. The monoisotopic (exact) mass is 389 g/mol. The second-order valence-electron chi connectivity index (χ2n) is 9.07. The van der Waals surface area contributed by atoms with Crippen LogP contribution in [0.15, 0.2) is 54.7 Å². The molecule has 1 aliphatic carbocycles. The number of aromatic nitrogens is 1. The Balaban J connectivity index is 1.42. The van der Waals surface area contributed by atoms with Gasteiger partial charge in [0.25, 0.3) is 0 Å². The maximum absolute atomic E-state index is 4.65. The second kappa shape index (κ2) is 11.3. The molecular formula is C28H39N. The summed E-state index contributed by atoms with van der Waals surface area (Å²) < 4.78 is 0. The van der Waals surface area contributed by atoms with E-state index in [4.69, 9.17) is 0 Å². The van der Waals surface area contributed by atoms with Crippen molar-refractivity contribution in [3.05, 3.63) is 65.9 Å². The molecule has 156 valence electrons. The first-order valence-corrected chi connectivity index (χ1v) is 11.9. The van der Waals surface area contributed by atoms with Crippen molar-refractivity contribution in [3.63, 3.8) is 0 Å². The van der Waals surface area contributed by atoms with E-state index in [0.717, 1.165) is 30.4 Å². The Labute approximate surface area is 178 Å². The zero-order valence-electron chi connectivity index (χ0n) is 18.6. The van der Waals surface area contributed by atoms with E-state index in [0.29, 0.717) is 0 Å². The van der Waals surface area contributed by atoms with E-state index < -0.39 is 0 Å². The summed E-state index contributed by atoms with van der Waals surface area (Å²) in [5.41, 5.74) is 6.55.